The predicted molar refractivity (Wildman–Crippen MR) is 68.8 cm³/mol. The van der Waals surface area contributed by atoms with Crippen LogP contribution in [0.1, 0.15) is 19.3 Å². The number of nitrogens with one attached hydrogen (secondary N) is 1. The Bertz CT molecular complexity index is 280. The maximum atomic E-state index is 5.62. The molecule has 17 heavy (non-hydrogen) atoms. The average Bonchev–Trinajstić information content (AvgIpc) is 2.38. The number of ether oxygens (including phenoxy) is 2. The Balaban J connectivity index is 2.15. The topological polar surface area (TPSA) is 56.5 Å². The number of hydrogen-bond donors (Lipinski definition) is 2. The molecule has 4 heteroatoms. The summed E-state index contributed by atoms with van der Waals surface area (Å²) >= 11 is 0. The molecule has 0 aliphatic rings. The van der Waals surface area contributed by atoms with E-state index >= 15 is 0 Å². The SMILES string of the molecule is COCCCC(CCOc1ccccc1)NN. The van der Waals surface area contributed by atoms with Gasteiger partial charge in [-0.05, 0) is 31.4 Å². The van der Waals surface area contributed by atoms with E-state index < -0.39 is 0 Å². The molecule has 0 radical (unpaired) electrons. The molecule has 0 heterocycles. The average molecular weight is 238 g/mol. The second kappa shape index (κ2) is 8.98. The van der Waals surface area contributed by atoms with Gasteiger partial charge in [-0.15, -0.1) is 0 Å². The van der Waals surface area contributed by atoms with Gasteiger partial charge in [0.25, 0.3) is 0 Å². The molecule has 0 aromatic heterocycles. The first kappa shape index (κ1) is 14.0. The molecule has 0 aliphatic carbocycles. The maximum absolute atomic E-state index is 5.62. The monoisotopic (exact) mass is 238 g/mol. The fourth-order valence-corrected chi connectivity index (χ4v) is 1.62. The number of benzene rings is 1. The Hall–Kier alpha value is -1.10. The molecular weight excluding hydrogens is 216 g/mol. The van der Waals surface area contributed by atoms with E-state index in [9.17, 15) is 0 Å². The van der Waals surface area contributed by atoms with Crippen molar-refractivity contribution in [2.75, 3.05) is 20.3 Å². The lowest BCUT2D eigenvalue weighted by Gasteiger charge is -2.15. The van der Waals surface area contributed by atoms with E-state index in [0.717, 1.165) is 31.6 Å². The number of para-hydroxylation sites is 1. The van der Waals surface area contributed by atoms with Crippen molar-refractivity contribution in [2.45, 2.75) is 25.3 Å². The van der Waals surface area contributed by atoms with Crippen LogP contribution in [0.25, 0.3) is 0 Å². The Morgan fingerprint density at radius 3 is 2.59 bits per heavy atom. The summed E-state index contributed by atoms with van der Waals surface area (Å²) in [5, 5.41) is 0. The van der Waals surface area contributed by atoms with Crippen LogP contribution in [0, 0.1) is 0 Å². The largest absolute Gasteiger partial charge is 0.494 e. The summed E-state index contributed by atoms with van der Waals surface area (Å²) in [4.78, 5) is 0. The summed E-state index contributed by atoms with van der Waals surface area (Å²) in [6, 6.07) is 10.1. The van der Waals surface area contributed by atoms with Gasteiger partial charge in [0.2, 0.25) is 0 Å². The minimum atomic E-state index is 0.286. The predicted octanol–water partition coefficient (Wildman–Crippen LogP) is 1.71. The van der Waals surface area contributed by atoms with E-state index in [0.29, 0.717) is 6.61 Å². The Kier molecular flexibility index (Phi) is 7.38. The van der Waals surface area contributed by atoms with Crippen molar-refractivity contribution in [2.24, 2.45) is 5.84 Å². The molecule has 1 atom stereocenters. The van der Waals surface area contributed by atoms with Gasteiger partial charge >= 0.3 is 0 Å². The van der Waals surface area contributed by atoms with Gasteiger partial charge in [-0.2, -0.15) is 0 Å². The van der Waals surface area contributed by atoms with Crippen molar-refractivity contribution in [3.8, 4) is 5.75 Å². The second-order valence-electron chi connectivity index (χ2n) is 3.95. The molecule has 4 nitrogen and oxygen atoms in total. The van der Waals surface area contributed by atoms with Crippen LogP contribution in [-0.2, 0) is 4.74 Å². The zero-order chi connectivity index (χ0) is 12.3. The van der Waals surface area contributed by atoms with E-state index in [1.165, 1.54) is 0 Å². The molecule has 0 fully saturated rings. The number of hydrogen-bond acceptors (Lipinski definition) is 4. The molecule has 0 saturated carbocycles. The number of nitrogens with two attached hydrogens (primary N) is 1. The molecule has 3 N–H and O–H groups in total. The van der Waals surface area contributed by atoms with Crippen molar-refractivity contribution in [3.63, 3.8) is 0 Å². The fraction of sp³-hybridized carbons (Fsp3) is 0.538. The first-order valence-corrected chi connectivity index (χ1v) is 5.99. The third kappa shape index (κ3) is 6.26. The molecule has 0 aliphatic heterocycles. The van der Waals surface area contributed by atoms with Gasteiger partial charge < -0.3 is 9.47 Å². The molecule has 1 unspecified atom stereocenters. The highest BCUT2D eigenvalue weighted by molar-refractivity contribution is 5.20. The Labute approximate surface area is 103 Å². The lowest BCUT2D eigenvalue weighted by atomic mass is 10.1. The fourth-order valence-electron chi connectivity index (χ4n) is 1.62. The molecule has 1 rings (SSSR count). The molecule has 1 aromatic carbocycles. The smallest absolute Gasteiger partial charge is 0.119 e. The van der Waals surface area contributed by atoms with Gasteiger partial charge in [0, 0.05) is 19.8 Å². The van der Waals surface area contributed by atoms with Gasteiger partial charge in [0.1, 0.15) is 5.75 Å². The Morgan fingerprint density at radius 1 is 1.18 bits per heavy atom. The molecular formula is C13H22N2O2. The minimum Gasteiger partial charge on any atom is -0.494 e. The summed E-state index contributed by atoms with van der Waals surface area (Å²) in [5.41, 5.74) is 2.81. The van der Waals surface area contributed by atoms with E-state index in [2.05, 4.69) is 5.43 Å². The third-order valence-corrected chi connectivity index (χ3v) is 2.61. The summed E-state index contributed by atoms with van der Waals surface area (Å²) in [7, 11) is 1.71. The number of hydrazine groups is 1. The van der Waals surface area contributed by atoms with E-state index in [-0.39, 0.29) is 6.04 Å². The molecule has 0 amide bonds. The zero-order valence-corrected chi connectivity index (χ0v) is 10.4. The van der Waals surface area contributed by atoms with Gasteiger partial charge in [0.15, 0.2) is 0 Å². The van der Waals surface area contributed by atoms with Crippen molar-refractivity contribution in [1.82, 2.24) is 5.43 Å². The van der Waals surface area contributed by atoms with Crippen LogP contribution in [0.15, 0.2) is 30.3 Å². The standard InChI is InChI=1S/C13H22N2O2/c1-16-10-5-6-12(15-14)9-11-17-13-7-3-2-4-8-13/h2-4,7-8,12,15H,5-6,9-11,14H2,1H3. The lowest BCUT2D eigenvalue weighted by Crippen LogP contribution is -2.36. The first-order valence-electron chi connectivity index (χ1n) is 5.99. The Morgan fingerprint density at radius 2 is 1.94 bits per heavy atom. The van der Waals surface area contributed by atoms with Crippen LogP contribution in [0.2, 0.25) is 0 Å². The first-order chi connectivity index (χ1) is 8.36. The van der Waals surface area contributed by atoms with Gasteiger partial charge in [-0.1, -0.05) is 18.2 Å². The van der Waals surface area contributed by atoms with Crippen molar-refractivity contribution in [3.05, 3.63) is 30.3 Å². The van der Waals surface area contributed by atoms with E-state index in [1.54, 1.807) is 7.11 Å². The molecule has 0 bridgehead atoms. The van der Waals surface area contributed by atoms with Crippen LogP contribution >= 0.6 is 0 Å². The van der Waals surface area contributed by atoms with Gasteiger partial charge in [-0.25, -0.2) is 0 Å². The molecule has 1 aromatic rings. The highest BCUT2D eigenvalue weighted by atomic mass is 16.5. The molecule has 96 valence electrons. The quantitative estimate of drug-likeness (QED) is 0.391. The summed E-state index contributed by atoms with van der Waals surface area (Å²) in [6.07, 6.45) is 2.91. The zero-order valence-electron chi connectivity index (χ0n) is 10.4. The maximum Gasteiger partial charge on any atom is 0.119 e. The van der Waals surface area contributed by atoms with Crippen molar-refractivity contribution in [1.29, 1.82) is 0 Å². The second-order valence-corrected chi connectivity index (χ2v) is 3.95. The van der Waals surface area contributed by atoms with Crippen LogP contribution < -0.4 is 16.0 Å². The number of rotatable bonds is 9. The van der Waals surface area contributed by atoms with Gasteiger partial charge in [-0.3, -0.25) is 11.3 Å². The van der Waals surface area contributed by atoms with Crippen LogP contribution in [0.5, 0.6) is 5.75 Å². The highest BCUT2D eigenvalue weighted by Gasteiger charge is 2.06. The third-order valence-electron chi connectivity index (χ3n) is 2.61. The molecule has 0 saturated heterocycles. The minimum absolute atomic E-state index is 0.286. The van der Waals surface area contributed by atoms with Crippen LogP contribution in [-0.4, -0.2) is 26.4 Å². The lowest BCUT2D eigenvalue weighted by molar-refractivity contribution is 0.185. The van der Waals surface area contributed by atoms with Crippen molar-refractivity contribution < 1.29 is 9.47 Å². The summed E-state index contributed by atoms with van der Waals surface area (Å²) in [5.74, 6) is 6.39. The highest BCUT2D eigenvalue weighted by Crippen LogP contribution is 2.09. The molecule has 0 spiro atoms. The van der Waals surface area contributed by atoms with Crippen LogP contribution in [0.3, 0.4) is 0 Å². The summed E-state index contributed by atoms with van der Waals surface area (Å²) < 4.78 is 10.6. The van der Waals surface area contributed by atoms with Crippen molar-refractivity contribution >= 4 is 0 Å². The number of methoxy groups -OCH3 is 1. The van der Waals surface area contributed by atoms with E-state index in [1.807, 2.05) is 30.3 Å². The van der Waals surface area contributed by atoms with Crippen LogP contribution in [0.4, 0.5) is 0 Å². The summed E-state index contributed by atoms with van der Waals surface area (Å²) in [6.45, 7) is 1.45. The van der Waals surface area contributed by atoms with E-state index in [4.69, 9.17) is 15.3 Å². The normalized spacial score (nSPS) is 12.4. The van der Waals surface area contributed by atoms with Gasteiger partial charge in [0.05, 0.1) is 6.61 Å².